The van der Waals surface area contributed by atoms with Gasteiger partial charge in [0.25, 0.3) is 11.8 Å². The minimum Gasteiger partial charge on any atom is -0.455 e. The Labute approximate surface area is 226 Å². The second-order valence-corrected chi connectivity index (χ2v) is 10.1. The Hall–Kier alpha value is -3.23. The summed E-state index contributed by atoms with van der Waals surface area (Å²) in [7, 11) is 0. The summed E-state index contributed by atoms with van der Waals surface area (Å²) < 4.78 is 6.84. The zero-order valence-electron chi connectivity index (χ0n) is 20.9. The number of piperidine rings is 1. The second-order valence-electron chi connectivity index (χ2n) is 9.18. The first-order valence-corrected chi connectivity index (χ1v) is 13.7. The summed E-state index contributed by atoms with van der Waals surface area (Å²) in [6.45, 7) is 2.42. The van der Waals surface area contributed by atoms with Crippen molar-refractivity contribution in [2.75, 3.05) is 19.6 Å². The lowest BCUT2D eigenvalue weighted by Crippen LogP contribution is -2.47. The van der Waals surface area contributed by atoms with Crippen molar-refractivity contribution in [3.8, 4) is 11.3 Å². The van der Waals surface area contributed by atoms with Crippen LogP contribution in [0.1, 0.15) is 54.6 Å². The van der Waals surface area contributed by atoms with E-state index in [1.807, 2.05) is 54.6 Å². The monoisotopic (exact) mass is 564 g/mol. The fourth-order valence-corrected chi connectivity index (χ4v) is 4.92. The van der Waals surface area contributed by atoms with Gasteiger partial charge in [-0.2, -0.15) is 5.10 Å². The average molecular weight is 566 g/mol. The Morgan fingerprint density at radius 2 is 1.81 bits per heavy atom. The highest BCUT2D eigenvalue weighted by Gasteiger charge is 2.26. The van der Waals surface area contributed by atoms with Crippen LogP contribution in [-0.4, -0.2) is 48.6 Å². The Morgan fingerprint density at radius 1 is 1.00 bits per heavy atom. The Bertz CT molecular complexity index is 1190. The van der Waals surface area contributed by atoms with Crippen LogP contribution in [0.4, 0.5) is 0 Å². The molecule has 1 fully saturated rings. The predicted octanol–water partition coefficient (Wildman–Crippen LogP) is 5.61. The molecule has 1 aromatic heterocycles. The van der Waals surface area contributed by atoms with Crippen LogP contribution in [0.2, 0.25) is 0 Å². The average Bonchev–Trinajstić information content (AvgIpc) is 3.40. The van der Waals surface area contributed by atoms with Crippen LogP contribution in [0.3, 0.4) is 0 Å². The van der Waals surface area contributed by atoms with Crippen molar-refractivity contribution in [2.45, 2.75) is 44.6 Å². The summed E-state index contributed by atoms with van der Waals surface area (Å²) in [5.74, 6) is 1.13. The van der Waals surface area contributed by atoms with Gasteiger partial charge < -0.3 is 9.73 Å². The minimum absolute atomic E-state index is 0.0683. The lowest BCUT2D eigenvalue weighted by molar-refractivity contribution is -0.127. The number of hydrazone groups is 1. The Morgan fingerprint density at radius 3 is 2.59 bits per heavy atom. The van der Waals surface area contributed by atoms with E-state index in [0.717, 1.165) is 61.0 Å². The van der Waals surface area contributed by atoms with Gasteiger partial charge in [-0.05, 0) is 81.6 Å². The molecule has 0 bridgehead atoms. The zero-order valence-corrected chi connectivity index (χ0v) is 22.5. The van der Waals surface area contributed by atoms with Gasteiger partial charge in [-0.1, -0.05) is 52.7 Å². The van der Waals surface area contributed by atoms with Crippen LogP contribution in [0.5, 0.6) is 0 Å². The smallest absolute Gasteiger partial charge is 0.257 e. The molecule has 7 nitrogen and oxygen atoms in total. The van der Waals surface area contributed by atoms with Gasteiger partial charge in [0.15, 0.2) is 0 Å². The van der Waals surface area contributed by atoms with Gasteiger partial charge in [-0.3, -0.25) is 14.5 Å². The number of likely N-dealkylation sites (tertiary alicyclic amines) is 1. The first kappa shape index (κ1) is 26.8. The summed E-state index contributed by atoms with van der Waals surface area (Å²) in [5, 5.41) is 7.13. The van der Waals surface area contributed by atoms with Crippen LogP contribution in [0.25, 0.3) is 11.3 Å². The van der Waals surface area contributed by atoms with E-state index >= 15 is 0 Å². The molecule has 0 spiro atoms. The highest BCUT2D eigenvalue weighted by atomic mass is 79.9. The molecule has 4 rings (SSSR count). The molecule has 0 aliphatic carbocycles. The second kappa shape index (κ2) is 13.9. The maximum Gasteiger partial charge on any atom is 0.257 e. The van der Waals surface area contributed by atoms with E-state index < -0.39 is 0 Å². The van der Waals surface area contributed by atoms with Gasteiger partial charge in [0.2, 0.25) is 0 Å². The lowest BCUT2D eigenvalue weighted by Gasteiger charge is -2.33. The molecule has 2 N–H and O–H groups in total. The third-order valence-electron chi connectivity index (χ3n) is 6.46. The number of nitrogens with one attached hydrogen (secondary N) is 2. The molecule has 0 radical (unpaired) electrons. The fourth-order valence-electron chi connectivity index (χ4n) is 4.52. The molecule has 194 valence electrons. The number of unbranched alkanes of at least 4 members (excludes halogenated alkanes) is 1. The third-order valence-corrected chi connectivity index (χ3v) is 6.96. The molecule has 0 saturated carbocycles. The molecule has 3 aromatic rings. The van der Waals surface area contributed by atoms with Gasteiger partial charge in [0.05, 0.1) is 12.3 Å². The van der Waals surface area contributed by atoms with Gasteiger partial charge in [-0.15, -0.1) is 0 Å². The number of rotatable bonds is 11. The van der Waals surface area contributed by atoms with Gasteiger partial charge in [-0.25, -0.2) is 5.43 Å². The van der Waals surface area contributed by atoms with Crippen molar-refractivity contribution < 1.29 is 14.0 Å². The van der Waals surface area contributed by atoms with Gasteiger partial charge >= 0.3 is 0 Å². The molecule has 1 atom stereocenters. The first-order valence-electron chi connectivity index (χ1n) is 12.9. The minimum atomic E-state index is -0.240. The Balaban J connectivity index is 1.27. The highest BCUT2D eigenvalue weighted by molar-refractivity contribution is 9.10. The number of halogens is 1. The zero-order chi connectivity index (χ0) is 25.9. The van der Waals surface area contributed by atoms with E-state index in [4.69, 9.17) is 4.42 Å². The molecule has 37 heavy (non-hydrogen) atoms. The SMILES string of the molecule is O=C(NCCCCC(C(=O)N/N=C/c1ccc(-c2cccc(Br)c2)o1)N1CCCCC1)c1ccccc1. The van der Waals surface area contributed by atoms with E-state index in [-0.39, 0.29) is 17.9 Å². The third kappa shape index (κ3) is 8.13. The van der Waals surface area contributed by atoms with Gasteiger partial charge in [0.1, 0.15) is 11.5 Å². The molecule has 1 saturated heterocycles. The normalized spacial score (nSPS) is 14.9. The molecule has 1 unspecified atom stereocenters. The molecule has 2 aromatic carbocycles. The Kier molecular flexibility index (Phi) is 10.1. The number of benzene rings is 2. The molecule has 1 aliphatic rings. The summed E-state index contributed by atoms with van der Waals surface area (Å²) in [6.07, 6.45) is 7.30. The number of carbonyl (C=O) groups is 2. The maximum absolute atomic E-state index is 13.1. The van der Waals surface area contributed by atoms with Crippen LogP contribution in [0.15, 0.2) is 80.7 Å². The summed E-state index contributed by atoms with van der Waals surface area (Å²) in [4.78, 5) is 27.6. The predicted molar refractivity (Wildman–Crippen MR) is 149 cm³/mol. The molecular weight excluding hydrogens is 532 g/mol. The summed E-state index contributed by atoms with van der Waals surface area (Å²) >= 11 is 3.47. The number of carbonyl (C=O) groups excluding carboxylic acids is 2. The molecule has 8 heteroatoms. The lowest BCUT2D eigenvalue weighted by atomic mass is 10.0. The quantitative estimate of drug-likeness (QED) is 0.180. The van der Waals surface area contributed by atoms with Gasteiger partial charge in [0, 0.05) is 22.1 Å². The van der Waals surface area contributed by atoms with Crippen LogP contribution in [-0.2, 0) is 4.79 Å². The van der Waals surface area contributed by atoms with E-state index in [9.17, 15) is 9.59 Å². The fraction of sp³-hybridized carbons (Fsp3) is 0.345. The number of furan rings is 1. The molecule has 1 aliphatic heterocycles. The van der Waals surface area contributed by atoms with E-state index in [1.165, 1.54) is 12.6 Å². The number of hydrogen-bond acceptors (Lipinski definition) is 5. The van der Waals surface area contributed by atoms with Crippen LogP contribution in [0, 0.1) is 0 Å². The molecule has 2 amide bonds. The molecule has 2 heterocycles. The van der Waals surface area contributed by atoms with Crippen LogP contribution >= 0.6 is 15.9 Å². The molecular formula is C29H33BrN4O3. The summed E-state index contributed by atoms with van der Waals surface area (Å²) in [5.41, 5.74) is 4.34. The van der Waals surface area contributed by atoms with Crippen molar-refractivity contribution >= 4 is 34.0 Å². The standard InChI is InChI=1S/C29H33BrN4O3/c30-24-13-9-12-23(20-24)27-16-15-25(37-27)21-32-33-29(36)26(34-18-7-2-8-19-34)14-5-6-17-31-28(35)22-10-3-1-4-11-22/h1,3-4,9-13,15-16,20-21,26H,2,5-8,14,17-19H2,(H,31,35)(H,33,36)/b32-21+. The van der Waals surface area contributed by atoms with Crippen molar-refractivity contribution in [3.05, 3.63) is 82.5 Å². The van der Waals surface area contributed by atoms with E-state index in [1.54, 1.807) is 12.1 Å². The van der Waals surface area contributed by atoms with E-state index in [0.29, 0.717) is 17.9 Å². The largest absolute Gasteiger partial charge is 0.455 e. The number of amides is 2. The first-order chi connectivity index (χ1) is 18.1. The number of hydrogen-bond donors (Lipinski definition) is 2. The summed E-state index contributed by atoms with van der Waals surface area (Å²) in [6, 6.07) is 20.6. The van der Waals surface area contributed by atoms with Crippen molar-refractivity contribution in [3.63, 3.8) is 0 Å². The van der Waals surface area contributed by atoms with Crippen molar-refractivity contribution in [2.24, 2.45) is 5.10 Å². The number of nitrogens with zero attached hydrogens (tertiary/aromatic N) is 2. The van der Waals surface area contributed by atoms with Crippen molar-refractivity contribution in [1.29, 1.82) is 0 Å². The topological polar surface area (TPSA) is 86.9 Å². The van der Waals surface area contributed by atoms with Crippen LogP contribution < -0.4 is 10.7 Å². The van der Waals surface area contributed by atoms with Crippen molar-refractivity contribution in [1.82, 2.24) is 15.6 Å². The highest BCUT2D eigenvalue weighted by Crippen LogP contribution is 2.24. The van der Waals surface area contributed by atoms with E-state index in [2.05, 4.69) is 36.7 Å². The maximum atomic E-state index is 13.1.